The Labute approximate surface area is 97.2 Å². The standard InChI is InChI=1S/C9H9N3O2S2/c1-16(13,14)12-9-11-8(6-15-9)7-4-2-3-5-10-7/h2-6H,1H3,(H,11,12). The number of hydrogen-bond acceptors (Lipinski definition) is 5. The van der Waals surface area contributed by atoms with Gasteiger partial charge in [-0.3, -0.25) is 9.71 Å². The van der Waals surface area contributed by atoms with Crippen molar-refractivity contribution in [3.8, 4) is 11.4 Å². The summed E-state index contributed by atoms with van der Waals surface area (Å²) in [4.78, 5) is 8.26. The molecule has 5 nitrogen and oxygen atoms in total. The second-order valence-corrected chi connectivity index (χ2v) is 5.73. The molecule has 0 radical (unpaired) electrons. The third-order valence-corrected chi connectivity index (χ3v) is 3.16. The van der Waals surface area contributed by atoms with Crippen molar-refractivity contribution in [1.82, 2.24) is 9.97 Å². The van der Waals surface area contributed by atoms with Gasteiger partial charge in [0.1, 0.15) is 5.69 Å². The molecule has 1 N–H and O–H groups in total. The van der Waals surface area contributed by atoms with Gasteiger partial charge in [-0.1, -0.05) is 6.07 Å². The summed E-state index contributed by atoms with van der Waals surface area (Å²) in [6.07, 6.45) is 2.76. The van der Waals surface area contributed by atoms with Crippen molar-refractivity contribution in [3.63, 3.8) is 0 Å². The highest BCUT2D eigenvalue weighted by atomic mass is 32.2. The van der Waals surface area contributed by atoms with E-state index in [2.05, 4.69) is 14.7 Å². The molecule has 0 fully saturated rings. The van der Waals surface area contributed by atoms with Crippen LogP contribution in [0.1, 0.15) is 0 Å². The Morgan fingerprint density at radius 1 is 1.31 bits per heavy atom. The van der Waals surface area contributed by atoms with E-state index in [4.69, 9.17) is 0 Å². The Hall–Kier alpha value is -1.47. The second-order valence-electron chi connectivity index (χ2n) is 3.13. The summed E-state index contributed by atoms with van der Waals surface area (Å²) >= 11 is 1.23. The molecule has 0 spiro atoms. The predicted octanol–water partition coefficient (Wildman–Crippen LogP) is 1.58. The van der Waals surface area contributed by atoms with Crippen LogP contribution in [-0.4, -0.2) is 24.6 Å². The summed E-state index contributed by atoms with van der Waals surface area (Å²) in [6, 6.07) is 5.48. The van der Waals surface area contributed by atoms with Crippen LogP contribution in [0.5, 0.6) is 0 Å². The minimum absolute atomic E-state index is 0.350. The third-order valence-electron chi connectivity index (χ3n) is 1.70. The molecule has 0 aliphatic rings. The quantitative estimate of drug-likeness (QED) is 0.903. The van der Waals surface area contributed by atoms with Crippen molar-refractivity contribution < 1.29 is 8.42 Å². The highest BCUT2D eigenvalue weighted by Crippen LogP contribution is 2.23. The molecule has 16 heavy (non-hydrogen) atoms. The SMILES string of the molecule is CS(=O)(=O)Nc1nc(-c2ccccn2)cs1. The van der Waals surface area contributed by atoms with Crippen molar-refractivity contribution in [3.05, 3.63) is 29.8 Å². The van der Waals surface area contributed by atoms with Crippen LogP contribution in [0.2, 0.25) is 0 Å². The van der Waals surface area contributed by atoms with Crippen LogP contribution >= 0.6 is 11.3 Å². The van der Waals surface area contributed by atoms with Gasteiger partial charge in [0, 0.05) is 11.6 Å². The summed E-state index contributed by atoms with van der Waals surface area (Å²) in [7, 11) is -3.27. The fourth-order valence-electron chi connectivity index (χ4n) is 1.11. The lowest BCUT2D eigenvalue weighted by molar-refractivity contribution is 0.607. The van der Waals surface area contributed by atoms with Crippen LogP contribution in [0, 0.1) is 0 Å². The summed E-state index contributed by atoms with van der Waals surface area (Å²) in [5.74, 6) is 0. The maximum absolute atomic E-state index is 11.0. The van der Waals surface area contributed by atoms with E-state index in [9.17, 15) is 8.42 Å². The van der Waals surface area contributed by atoms with Gasteiger partial charge in [0.2, 0.25) is 10.0 Å². The van der Waals surface area contributed by atoms with E-state index < -0.39 is 10.0 Å². The van der Waals surface area contributed by atoms with Gasteiger partial charge in [0.15, 0.2) is 5.13 Å². The highest BCUT2D eigenvalue weighted by molar-refractivity contribution is 7.92. The molecule has 2 rings (SSSR count). The average Bonchev–Trinajstić information content (AvgIpc) is 2.65. The molecular formula is C9H9N3O2S2. The van der Waals surface area contributed by atoms with Crippen LogP contribution in [0.3, 0.4) is 0 Å². The van der Waals surface area contributed by atoms with E-state index in [1.165, 1.54) is 11.3 Å². The Bertz CT molecular complexity index is 578. The third kappa shape index (κ3) is 2.77. The number of nitrogens with zero attached hydrogens (tertiary/aromatic N) is 2. The lowest BCUT2D eigenvalue weighted by Gasteiger charge is -1.97. The normalized spacial score (nSPS) is 11.3. The van der Waals surface area contributed by atoms with Crippen LogP contribution < -0.4 is 4.72 Å². The highest BCUT2D eigenvalue weighted by Gasteiger charge is 2.08. The van der Waals surface area contributed by atoms with Gasteiger partial charge in [-0.05, 0) is 12.1 Å². The van der Waals surface area contributed by atoms with Gasteiger partial charge >= 0.3 is 0 Å². The van der Waals surface area contributed by atoms with Gasteiger partial charge < -0.3 is 0 Å². The van der Waals surface area contributed by atoms with Gasteiger partial charge in [-0.25, -0.2) is 13.4 Å². The number of nitrogens with one attached hydrogen (secondary N) is 1. The first-order chi connectivity index (χ1) is 7.54. The maximum atomic E-state index is 11.0. The molecule has 0 saturated carbocycles. The minimum atomic E-state index is -3.27. The first-order valence-electron chi connectivity index (χ1n) is 4.39. The summed E-state index contributed by atoms with van der Waals surface area (Å²) in [5.41, 5.74) is 1.39. The van der Waals surface area contributed by atoms with Gasteiger partial charge in [-0.2, -0.15) is 0 Å². The Morgan fingerprint density at radius 2 is 2.12 bits per heavy atom. The van der Waals surface area contributed by atoms with Crippen molar-refractivity contribution in [1.29, 1.82) is 0 Å². The first-order valence-corrected chi connectivity index (χ1v) is 7.16. The molecule has 0 atom stereocenters. The number of anilines is 1. The summed E-state index contributed by atoms with van der Waals surface area (Å²) in [5, 5.41) is 2.11. The number of pyridine rings is 1. The molecule has 0 saturated heterocycles. The number of aromatic nitrogens is 2. The molecule has 0 aliphatic carbocycles. The molecule has 0 aliphatic heterocycles. The number of hydrogen-bond donors (Lipinski definition) is 1. The van der Waals surface area contributed by atoms with Crippen molar-refractivity contribution in [2.24, 2.45) is 0 Å². The molecule has 2 aromatic rings. The van der Waals surface area contributed by atoms with Crippen molar-refractivity contribution in [2.75, 3.05) is 11.0 Å². The van der Waals surface area contributed by atoms with Crippen LogP contribution in [0.15, 0.2) is 29.8 Å². The molecule has 2 aromatic heterocycles. The zero-order valence-corrected chi connectivity index (χ0v) is 10.0. The summed E-state index contributed by atoms with van der Waals surface area (Å²) in [6.45, 7) is 0. The molecular weight excluding hydrogens is 246 g/mol. The number of sulfonamides is 1. The van der Waals surface area contributed by atoms with Gasteiger partial charge in [-0.15, -0.1) is 11.3 Å². The molecule has 0 amide bonds. The van der Waals surface area contributed by atoms with Gasteiger partial charge in [0.25, 0.3) is 0 Å². The smallest absolute Gasteiger partial charge is 0.231 e. The maximum Gasteiger partial charge on any atom is 0.231 e. The molecule has 0 bridgehead atoms. The largest absolute Gasteiger partial charge is 0.259 e. The molecule has 2 heterocycles. The predicted molar refractivity (Wildman–Crippen MR) is 63.8 cm³/mol. The van der Waals surface area contributed by atoms with Crippen molar-refractivity contribution >= 4 is 26.5 Å². The first kappa shape index (κ1) is 11.0. The van der Waals surface area contributed by atoms with E-state index in [0.717, 1.165) is 11.9 Å². The fourth-order valence-corrected chi connectivity index (χ4v) is 2.67. The molecule has 0 aromatic carbocycles. The fraction of sp³-hybridized carbons (Fsp3) is 0.111. The van der Waals surface area contributed by atoms with Gasteiger partial charge in [0.05, 0.1) is 11.9 Å². The summed E-state index contributed by atoms with van der Waals surface area (Å²) < 4.78 is 24.3. The second kappa shape index (κ2) is 4.18. The average molecular weight is 255 g/mol. The molecule has 84 valence electrons. The van der Waals surface area contributed by atoms with E-state index in [1.807, 2.05) is 18.2 Å². The van der Waals surface area contributed by atoms with E-state index >= 15 is 0 Å². The zero-order chi connectivity index (χ0) is 11.6. The monoisotopic (exact) mass is 255 g/mol. The van der Waals surface area contributed by atoms with Crippen LogP contribution in [0.4, 0.5) is 5.13 Å². The number of rotatable bonds is 3. The molecule has 7 heteroatoms. The molecule has 0 unspecified atom stereocenters. The number of thiazole rings is 1. The Morgan fingerprint density at radius 3 is 2.75 bits per heavy atom. The van der Waals surface area contributed by atoms with E-state index in [1.54, 1.807) is 11.6 Å². The van der Waals surface area contributed by atoms with E-state index in [-0.39, 0.29) is 0 Å². The lowest BCUT2D eigenvalue weighted by Crippen LogP contribution is -2.09. The Balaban J connectivity index is 2.27. The van der Waals surface area contributed by atoms with Crippen molar-refractivity contribution in [2.45, 2.75) is 0 Å². The minimum Gasteiger partial charge on any atom is -0.259 e. The lowest BCUT2D eigenvalue weighted by atomic mass is 10.3. The van der Waals surface area contributed by atoms with E-state index in [0.29, 0.717) is 10.8 Å². The van der Waals surface area contributed by atoms with Crippen LogP contribution in [0.25, 0.3) is 11.4 Å². The topological polar surface area (TPSA) is 72.0 Å². The zero-order valence-electron chi connectivity index (χ0n) is 8.41. The van der Waals surface area contributed by atoms with Crippen LogP contribution in [-0.2, 0) is 10.0 Å². The Kier molecular flexibility index (Phi) is 2.88.